The summed E-state index contributed by atoms with van der Waals surface area (Å²) in [5, 5.41) is 0. The Hall–Kier alpha value is -0.530. The fourth-order valence-electron chi connectivity index (χ4n) is 7.07. The van der Waals surface area contributed by atoms with Gasteiger partial charge in [0.05, 0.1) is 13.0 Å². The number of carbonyl (C=O) groups excluding carboxylic acids is 1. The normalized spacial score (nSPS) is 70.1. The minimum absolute atomic E-state index is 0.119. The van der Waals surface area contributed by atoms with Crippen LogP contribution in [0.4, 0.5) is 0 Å². The van der Waals surface area contributed by atoms with E-state index in [2.05, 4.69) is 0 Å². The van der Waals surface area contributed by atoms with Crippen molar-refractivity contribution in [2.75, 3.05) is 7.11 Å². The summed E-state index contributed by atoms with van der Waals surface area (Å²) in [6, 6.07) is 0. The van der Waals surface area contributed by atoms with Gasteiger partial charge in [0.25, 0.3) is 0 Å². The number of hydrogen-bond acceptors (Lipinski definition) is 2. The van der Waals surface area contributed by atoms with Gasteiger partial charge in [-0.1, -0.05) is 0 Å². The summed E-state index contributed by atoms with van der Waals surface area (Å²) in [7, 11) is 1.57. The topological polar surface area (TPSA) is 26.3 Å². The molecule has 0 aromatic carbocycles. The van der Waals surface area contributed by atoms with Crippen molar-refractivity contribution in [1.29, 1.82) is 0 Å². The van der Waals surface area contributed by atoms with Gasteiger partial charge in [-0.3, -0.25) is 4.79 Å². The molecular formula is C13H16O2. The molecule has 0 heterocycles. The van der Waals surface area contributed by atoms with E-state index in [4.69, 9.17) is 4.74 Å². The number of esters is 1. The molecular weight excluding hydrogens is 188 g/mol. The molecule has 0 N–H and O–H groups in total. The van der Waals surface area contributed by atoms with E-state index in [9.17, 15) is 4.79 Å². The second-order valence-corrected chi connectivity index (χ2v) is 6.49. The number of hydrogen-bond donors (Lipinski definition) is 0. The zero-order chi connectivity index (χ0) is 9.89. The second kappa shape index (κ2) is 1.99. The van der Waals surface area contributed by atoms with Crippen LogP contribution in [-0.4, -0.2) is 13.1 Å². The SMILES string of the molecule is COC(=O)C1C2C3CC4C5CC(C42)[C@H]1C53. The maximum absolute atomic E-state index is 11.9. The molecule has 0 aromatic rings. The van der Waals surface area contributed by atoms with Gasteiger partial charge in [0.1, 0.15) is 0 Å². The molecule has 6 fully saturated rings. The smallest absolute Gasteiger partial charge is 0.309 e. The highest BCUT2D eigenvalue weighted by Gasteiger charge is 2.81. The Morgan fingerprint density at radius 1 is 0.933 bits per heavy atom. The lowest BCUT2D eigenvalue weighted by molar-refractivity contribution is -0.147. The molecule has 0 aliphatic heterocycles. The van der Waals surface area contributed by atoms with Gasteiger partial charge in [-0.2, -0.15) is 0 Å². The lowest BCUT2D eigenvalue weighted by Gasteiger charge is -2.33. The first kappa shape index (κ1) is 7.70. The van der Waals surface area contributed by atoms with Gasteiger partial charge in [-0.25, -0.2) is 0 Å². The first-order chi connectivity index (χ1) is 7.33. The molecule has 6 aliphatic rings. The van der Waals surface area contributed by atoms with Gasteiger partial charge in [0, 0.05) is 0 Å². The third-order valence-electron chi connectivity index (χ3n) is 6.80. The highest BCUT2D eigenvalue weighted by atomic mass is 16.5. The first-order valence-electron chi connectivity index (χ1n) is 6.40. The molecule has 15 heavy (non-hydrogen) atoms. The van der Waals surface area contributed by atoms with Gasteiger partial charge in [0.15, 0.2) is 0 Å². The average molecular weight is 204 g/mol. The summed E-state index contributed by atoms with van der Waals surface area (Å²) in [6.45, 7) is 0. The van der Waals surface area contributed by atoms with Crippen LogP contribution < -0.4 is 0 Å². The van der Waals surface area contributed by atoms with Crippen LogP contribution in [0, 0.1) is 53.3 Å². The number of carbonyl (C=O) groups is 1. The molecule has 0 saturated heterocycles. The van der Waals surface area contributed by atoms with E-state index in [0.29, 0.717) is 5.92 Å². The Morgan fingerprint density at radius 2 is 1.47 bits per heavy atom. The van der Waals surface area contributed by atoms with E-state index in [1.807, 2.05) is 0 Å². The standard InChI is InChI=1S/C13H16O2/c1-15-13(14)12-10-6-2-4-5-3-7(8(4)10)11(12)9(5)6/h4-12H,2-3H2,1H3/t4?,5?,6?,7?,8?,9?,10-,11?,12?/m0/s1. The fraction of sp³-hybridized carbons (Fsp3) is 0.923. The molecule has 0 spiro atoms. The average Bonchev–Trinajstić information content (AvgIpc) is 2.90. The highest BCUT2D eigenvalue weighted by Crippen LogP contribution is 2.84. The summed E-state index contributed by atoms with van der Waals surface area (Å²) >= 11 is 0. The van der Waals surface area contributed by atoms with Gasteiger partial charge in [-0.05, 0) is 60.2 Å². The van der Waals surface area contributed by atoms with Crippen LogP contribution in [0.5, 0.6) is 0 Å². The quantitative estimate of drug-likeness (QED) is 0.606. The molecule has 8 unspecified atom stereocenters. The van der Waals surface area contributed by atoms with Gasteiger partial charge < -0.3 is 4.74 Å². The third-order valence-corrected chi connectivity index (χ3v) is 6.80. The third kappa shape index (κ3) is 0.537. The van der Waals surface area contributed by atoms with Gasteiger partial charge >= 0.3 is 5.97 Å². The highest BCUT2D eigenvalue weighted by molar-refractivity contribution is 5.75. The van der Waals surface area contributed by atoms with Crippen molar-refractivity contribution in [3.8, 4) is 0 Å². The maximum Gasteiger partial charge on any atom is 0.309 e. The largest absolute Gasteiger partial charge is 0.469 e. The molecule has 6 saturated carbocycles. The van der Waals surface area contributed by atoms with Crippen molar-refractivity contribution >= 4 is 5.97 Å². The van der Waals surface area contributed by atoms with Crippen molar-refractivity contribution in [3.63, 3.8) is 0 Å². The Kier molecular flexibility index (Phi) is 1.02. The van der Waals surface area contributed by atoms with Crippen LogP contribution >= 0.6 is 0 Å². The first-order valence-corrected chi connectivity index (χ1v) is 6.40. The lowest BCUT2D eigenvalue weighted by Crippen LogP contribution is -2.30. The van der Waals surface area contributed by atoms with E-state index >= 15 is 0 Å². The Bertz CT molecular complexity index is 349. The molecule has 0 aromatic heterocycles. The summed E-state index contributed by atoms with van der Waals surface area (Å²) < 4.78 is 5.03. The fourth-order valence-corrected chi connectivity index (χ4v) is 7.07. The van der Waals surface area contributed by atoms with E-state index < -0.39 is 0 Å². The monoisotopic (exact) mass is 204 g/mol. The molecule has 80 valence electrons. The molecule has 2 heteroatoms. The zero-order valence-electron chi connectivity index (χ0n) is 8.93. The predicted octanol–water partition coefficient (Wildman–Crippen LogP) is 1.55. The van der Waals surface area contributed by atoms with Crippen LogP contribution in [0.15, 0.2) is 0 Å². The lowest BCUT2D eigenvalue weighted by atomic mass is 9.71. The summed E-state index contributed by atoms with van der Waals surface area (Å²) in [5.74, 6) is 7.74. The van der Waals surface area contributed by atoms with Crippen molar-refractivity contribution in [2.45, 2.75) is 12.8 Å². The molecule has 0 amide bonds. The van der Waals surface area contributed by atoms with Crippen molar-refractivity contribution < 1.29 is 9.53 Å². The summed E-state index contributed by atoms with van der Waals surface area (Å²) in [6.07, 6.45) is 2.93. The maximum atomic E-state index is 11.9. The van der Waals surface area contributed by atoms with Gasteiger partial charge in [0.2, 0.25) is 0 Å². The summed E-state index contributed by atoms with van der Waals surface area (Å²) in [5.41, 5.74) is 0. The van der Waals surface area contributed by atoms with Crippen molar-refractivity contribution in [3.05, 3.63) is 0 Å². The van der Waals surface area contributed by atoms with Crippen LogP contribution in [0.3, 0.4) is 0 Å². The van der Waals surface area contributed by atoms with Crippen LogP contribution in [0.1, 0.15) is 12.8 Å². The van der Waals surface area contributed by atoms with Crippen molar-refractivity contribution in [2.24, 2.45) is 53.3 Å². The summed E-state index contributed by atoms with van der Waals surface area (Å²) in [4.78, 5) is 11.9. The molecule has 0 radical (unpaired) electrons. The predicted molar refractivity (Wildman–Crippen MR) is 52.7 cm³/mol. The number of methoxy groups -OCH3 is 1. The van der Waals surface area contributed by atoms with Gasteiger partial charge in [-0.15, -0.1) is 0 Å². The minimum Gasteiger partial charge on any atom is -0.469 e. The number of rotatable bonds is 1. The van der Waals surface area contributed by atoms with Crippen LogP contribution in [0.2, 0.25) is 0 Å². The molecule has 9 atom stereocenters. The molecule has 6 bridgehead atoms. The Morgan fingerprint density at radius 3 is 1.93 bits per heavy atom. The van der Waals surface area contributed by atoms with E-state index in [1.165, 1.54) is 12.8 Å². The molecule has 2 nitrogen and oxygen atoms in total. The van der Waals surface area contributed by atoms with E-state index in [0.717, 1.165) is 47.3 Å². The Balaban J connectivity index is 1.69. The molecule has 6 rings (SSSR count). The van der Waals surface area contributed by atoms with E-state index in [1.54, 1.807) is 7.11 Å². The second-order valence-electron chi connectivity index (χ2n) is 6.49. The zero-order valence-corrected chi connectivity index (χ0v) is 8.93. The van der Waals surface area contributed by atoms with Crippen molar-refractivity contribution in [1.82, 2.24) is 0 Å². The van der Waals surface area contributed by atoms with Crippen LogP contribution in [0.25, 0.3) is 0 Å². The molecule has 6 aliphatic carbocycles. The van der Waals surface area contributed by atoms with E-state index in [-0.39, 0.29) is 5.97 Å². The van der Waals surface area contributed by atoms with Crippen LogP contribution in [-0.2, 0) is 9.53 Å². The Labute approximate surface area is 89.4 Å². The number of ether oxygens (including phenoxy) is 1. The minimum atomic E-state index is 0.119.